The van der Waals surface area contributed by atoms with Gasteiger partial charge in [-0.1, -0.05) is 73.9 Å². The van der Waals surface area contributed by atoms with E-state index in [9.17, 15) is 9.59 Å². The van der Waals surface area contributed by atoms with Crippen LogP contribution in [0.3, 0.4) is 0 Å². The second-order valence-corrected chi connectivity index (χ2v) is 6.88. The Bertz CT molecular complexity index is 645. The van der Waals surface area contributed by atoms with Crippen molar-refractivity contribution in [3.63, 3.8) is 0 Å². The Morgan fingerprint density at radius 1 is 1.00 bits per heavy atom. The smallest absolute Gasteiger partial charge is 0.162 e. The molecule has 0 aliphatic heterocycles. The molecule has 0 radical (unpaired) electrons. The van der Waals surface area contributed by atoms with Gasteiger partial charge in [-0.25, -0.2) is 0 Å². The van der Waals surface area contributed by atoms with Crippen LogP contribution in [0.15, 0.2) is 60.2 Å². The lowest BCUT2D eigenvalue weighted by Gasteiger charge is -2.07. The molecule has 0 unspecified atom stereocenters. The summed E-state index contributed by atoms with van der Waals surface area (Å²) < 4.78 is 0. The molecule has 1 aromatic carbocycles. The highest BCUT2D eigenvalue weighted by Crippen LogP contribution is 2.17. The molecule has 0 saturated carbocycles. The summed E-state index contributed by atoms with van der Waals surface area (Å²) in [5.74, 6) is 0.459. The predicted molar refractivity (Wildman–Crippen MR) is 117 cm³/mol. The molecule has 0 bridgehead atoms. The van der Waals surface area contributed by atoms with Gasteiger partial charge in [0.1, 0.15) is 0 Å². The molecular weight excluding hydrogens is 332 g/mol. The zero-order valence-electron chi connectivity index (χ0n) is 17.8. The van der Waals surface area contributed by atoms with E-state index in [1.807, 2.05) is 56.3 Å². The van der Waals surface area contributed by atoms with Gasteiger partial charge in [-0.05, 0) is 52.0 Å². The highest BCUT2D eigenvalue weighted by molar-refractivity contribution is 5.96. The maximum absolute atomic E-state index is 11.4. The average Bonchev–Trinajstić information content (AvgIpc) is 2.64. The molecule has 0 fully saturated rings. The fourth-order valence-electron chi connectivity index (χ4n) is 2.35. The number of carbonyl (C=O) groups is 2. The van der Waals surface area contributed by atoms with E-state index in [0.29, 0.717) is 6.42 Å². The summed E-state index contributed by atoms with van der Waals surface area (Å²) in [6.07, 6.45) is 11.8. The molecule has 0 N–H and O–H groups in total. The van der Waals surface area contributed by atoms with Crippen LogP contribution in [0.25, 0.3) is 0 Å². The summed E-state index contributed by atoms with van der Waals surface area (Å²) in [6.45, 7) is 13.4. The molecule has 0 atom stereocenters. The monoisotopic (exact) mass is 368 g/mol. The van der Waals surface area contributed by atoms with E-state index in [-0.39, 0.29) is 11.6 Å². The predicted octanol–water partition coefficient (Wildman–Crippen LogP) is 7.19. The molecule has 2 rings (SSSR count). The number of allylic oxidation sites excluding steroid dienone is 5. The summed E-state index contributed by atoms with van der Waals surface area (Å²) in [4.78, 5) is 22.2. The first-order valence-corrected chi connectivity index (χ1v) is 9.93. The molecule has 2 heteroatoms. The Kier molecular flexibility index (Phi) is 13.7. The third kappa shape index (κ3) is 11.9. The summed E-state index contributed by atoms with van der Waals surface area (Å²) in [6, 6.07) is 7.74. The first kappa shape index (κ1) is 24.8. The van der Waals surface area contributed by atoms with Crippen LogP contribution in [0, 0.1) is 6.92 Å². The number of unbranched alkanes of at least 4 members (excludes halogenated alkanes) is 1. The van der Waals surface area contributed by atoms with Gasteiger partial charge in [0.2, 0.25) is 0 Å². The summed E-state index contributed by atoms with van der Waals surface area (Å²) in [7, 11) is 0. The first-order chi connectivity index (χ1) is 12.8. The standard InChI is InChI=1S/C11H14O.C9H12O.C5H10/c1-3-4-11(12)10-7-5-9(2)6-8-10;1-7-3-5-9(6-4-7)8(2)10;1-3-5-4-2/h5-8H,3-4H2,1-2H3;3,5H,4,6H2,1-2H3;3H,1,4-5H2,2H3. The van der Waals surface area contributed by atoms with Gasteiger partial charge in [0.15, 0.2) is 11.6 Å². The summed E-state index contributed by atoms with van der Waals surface area (Å²) in [5, 5.41) is 0. The number of benzene rings is 1. The van der Waals surface area contributed by atoms with Gasteiger partial charge in [0, 0.05) is 12.0 Å². The number of aryl methyl sites for hydroxylation is 1. The third-order valence-electron chi connectivity index (χ3n) is 4.15. The Balaban J connectivity index is 0.000000408. The molecule has 1 aliphatic rings. The third-order valence-corrected chi connectivity index (χ3v) is 4.15. The largest absolute Gasteiger partial charge is 0.295 e. The van der Waals surface area contributed by atoms with Gasteiger partial charge in [-0.3, -0.25) is 9.59 Å². The van der Waals surface area contributed by atoms with E-state index in [1.165, 1.54) is 17.6 Å². The van der Waals surface area contributed by atoms with Crippen LogP contribution in [0.1, 0.15) is 82.1 Å². The van der Waals surface area contributed by atoms with Crippen LogP contribution in [-0.4, -0.2) is 11.6 Å². The van der Waals surface area contributed by atoms with Crippen molar-refractivity contribution in [3.05, 3.63) is 71.3 Å². The van der Waals surface area contributed by atoms with E-state index in [0.717, 1.165) is 36.8 Å². The molecule has 27 heavy (non-hydrogen) atoms. The second-order valence-electron chi connectivity index (χ2n) is 6.88. The highest BCUT2D eigenvalue weighted by Gasteiger charge is 2.06. The minimum atomic E-state index is 0.212. The van der Waals surface area contributed by atoms with E-state index in [2.05, 4.69) is 20.4 Å². The Morgan fingerprint density at radius 3 is 2.00 bits per heavy atom. The molecule has 1 aromatic rings. The van der Waals surface area contributed by atoms with Gasteiger partial charge in [0.25, 0.3) is 0 Å². The maximum atomic E-state index is 11.4. The highest BCUT2D eigenvalue weighted by atomic mass is 16.1. The van der Waals surface area contributed by atoms with Crippen molar-refractivity contribution in [2.24, 2.45) is 0 Å². The minimum absolute atomic E-state index is 0.212. The molecule has 0 heterocycles. The van der Waals surface area contributed by atoms with E-state index >= 15 is 0 Å². The van der Waals surface area contributed by atoms with Crippen molar-refractivity contribution < 1.29 is 9.59 Å². The van der Waals surface area contributed by atoms with Crippen LogP contribution < -0.4 is 0 Å². The first-order valence-electron chi connectivity index (χ1n) is 9.93. The van der Waals surface area contributed by atoms with E-state index in [4.69, 9.17) is 0 Å². The number of ketones is 2. The van der Waals surface area contributed by atoms with E-state index in [1.54, 1.807) is 6.92 Å². The molecule has 0 aromatic heterocycles. The Hall–Kier alpha value is -2.22. The van der Waals surface area contributed by atoms with Gasteiger partial charge in [0.05, 0.1) is 0 Å². The molecule has 0 saturated heterocycles. The lowest BCUT2D eigenvalue weighted by molar-refractivity contribution is -0.113. The van der Waals surface area contributed by atoms with Crippen LogP contribution in [-0.2, 0) is 4.79 Å². The normalized spacial score (nSPS) is 12.3. The van der Waals surface area contributed by atoms with Gasteiger partial charge < -0.3 is 0 Å². The fourth-order valence-corrected chi connectivity index (χ4v) is 2.35. The molecule has 2 nitrogen and oxygen atoms in total. The van der Waals surface area contributed by atoms with Crippen LogP contribution in [0.2, 0.25) is 0 Å². The van der Waals surface area contributed by atoms with Crippen molar-refractivity contribution >= 4 is 11.6 Å². The van der Waals surface area contributed by atoms with Gasteiger partial charge >= 0.3 is 0 Å². The number of Topliss-reactive ketones (excluding diaryl/α,β-unsaturated/α-hetero) is 2. The van der Waals surface area contributed by atoms with Gasteiger partial charge in [-0.15, -0.1) is 6.58 Å². The van der Waals surface area contributed by atoms with Crippen LogP contribution >= 0.6 is 0 Å². The molecular formula is C25H36O2. The maximum Gasteiger partial charge on any atom is 0.162 e. The topological polar surface area (TPSA) is 34.1 Å². The van der Waals surface area contributed by atoms with Crippen molar-refractivity contribution in [1.29, 1.82) is 0 Å². The molecule has 0 amide bonds. The Labute approximate surface area is 166 Å². The number of carbonyl (C=O) groups excluding carboxylic acids is 2. The van der Waals surface area contributed by atoms with Crippen LogP contribution in [0.5, 0.6) is 0 Å². The number of rotatable bonds is 6. The van der Waals surface area contributed by atoms with Crippen LogP contribution in [0.4, 0.5) is 0 Å². The molecule has 148 valence electrons. The number of hydrogen-bond donors (Lipinski definition) is 0. The second kappa shape index (κ2) is 14.9. The minimum Gasteiger partial charge on any atom is -0.295 e. The lowest BCUT2D eigenvalue weighted by atomic mass is 9.97. The fraction of sp³-hybridized carbons (Fsp3) is 0.440. The van der Waals surface area contributed by atoms with E-state index < -0.39 is 0 Å². The SMILES string of the molecule is C=CCCC.CC(=O)C1=CC=C(C)CC1.CCCC(=O)c1ccc(C)cc1. The summed E-state index contributed by atoms with van der Waals surface area (Å²) >= 11 is 0. The quantitative estimate of drug-likeness (QED) is 0.393. The Morgan fingerprint density at radius 2 is 1.63 bits per heavy atom. The molecule has 0 spiro atoms. The zero-order valence-corrected chi connectivity index (χ0v) is 17.8. The number of hydrogen-bond acceptors (Lipinski definition) is 2. The average molecular weight is 369 g/mol. The zero-order chi connectivity index (χ0) is 20.7. The van der Waals surface area contributed by atoms with Crippen molar-refractivity contribution in [3.8, 4) is 0 Å². The van der Waals surface area contributed by atoms with Crippen molar-refractivity contribution in [2.75, 3.05) is 0 Å². The van der Waals surface area contributed by atoms with Crippen molar-refractivity contribution in [1.82, 2.24) is 0 Å². The lowest BCUT2D eigenvalue weighted by Crippen LogP contribution is -1.99. The summed E-state index contributed by atoms with van der Waals surface area (Å²) in [5.41, 5.74) is 4.36. The van der Waals surface area contributed by atoms with Crippen molar-refractivity contribution in [2.45, 2.75) is 73.1 Å². The van der Waals surface area contributed by atoms with Gasteiger partial charge in [-0.2, -0.15) is 0 Å². The molecule has 1 aliphatic carbocycles.